The highest BCUT2D eigenvalue weighted by atomic mass is 32.2. The largest absolute Gasteiger partial charge is 0.393 e. The number of nitro benzene ring substituents is 1. The van der Waals surface area contributed by atoms with Crippen molar-refractivity contribution in [2.24, 2.45) is 0 Å². The molecule has 0 aliphatic carbocycles. The van der Waals surface area contributed by atoms with E-state index in [1.54, 1.807) is 23.9 Å². The molecular weight excluding hydrogens is 272 g/mol. The zero-order valence-corrected chi connectivity index (χ0v) is 12.2. The molecule has 0 amide bonds. The minimum Gasteiger partial charge on any atom is -0.393 e. The van der Waals surface area contributed by atoms with E-state index in [0.29, 0.717) is 0 Å². The number of anilines is 1. The van der Waals surface area contributed by atoms with E-state index >= 15 is 0 Å². The fraction of sp³-hybridized carbons (Fsp3) is 0.200. The third kappa shape index (κ3) is 3.30. The molecule has 0 spiro atoms. The number of thioether (sulfide) groups is 1. The number of nitrogen functional groups attached to an aromatic ring is 1. The van der Waals surface area contributed by atoms with Crippen LogP contribution in [0.25, 0.3) is 0 Å². The first-order valence-corrected chi connectivity index (χ1v) is 7.19. The van der Waals surface area contributed by atoms with Crippen molar-refractivity contribution in [1.82, 2.24) is 0 Å². The van der Waals surface area contributed by atoms with Gasteiger partial charge in [0.25, 0.3) is 5.69 Å². The van der Waals surface area contributed by atoms with Gasteiger partial charge < -0.3 is 5.73 Å². The summed E-state index contributed by atoms with van der Waals surface area (Å²) < 4.78 is 0. The lowest BCUT2D eigenvalue weighted by Crippen LogP contribution is -1.96. The fourth-order valence-corrected chi connectivity index (χ4v) is 2.77. The zero-order valence-electron chi connectivity index (χ0n) is 11.4. The van der Waals surface area contributed by atoms with Crippen molar-refractivity contribution < 1.29 is 4.92 Å². The minimum absolute atomic E-state index is 0.0371. The van der Waals surface area contributed by atoms with Crippen molar-refractivity contribution in [3.63, 3.8) is 0 Å². The summed E-state index contributed by atoms with van der Waals surface area (Å²) in [6, 6.07) is 11.2. The first kappa shape index (κ1) is 14.4. The van der Waals surface area contributed by atoms with Crippen LogP contribution in [0.4, 0.5) is 11.4 Å². The molecule has 2 aromatic carbocycles. The summed E-state index contributed by atoms with van der Waals surface area (Å²) in [6.45, 7) is 4.17. The number of nitro groups is 1. The molecule has 2 aromatic rings. The van der Waals surface area contributed by atoms with Crippen LogP contribution in [0.3, 0.4) is 0 Å². The molecule has 0 aliphatic heterocycles. The Labute approximate surface area is 122 Å². The second-order valence-electron chi connectivity index (χ2n) is 4.69. The molecule has 0 saturated heterocycles. The molecular formula is C15H16N2O2S. The van der Waals surface area contributed by atoms with Crippen molar-refractivity contribution in [3.05, 3.63) is 63.2 Å². The molecule has 2 rings (SSSR count). The molecule has 20 heavy (non-hydrogen) atoms. The number of hydrogen-bond donors (Lipinski definition) is 1. The van der Waals surface area contributed by atoms with Crippen LogP contribution < -0.4 is 5.73 Å². The summed E-state index contributed by atoms with van der Waals surface area (Å²) in [4.78, 5) is 11.4. The normalized spacial score (nSPS) is 10.5. The Morgan fingerprint density at radius 3 is 2.50 bits per heavy atom. The maximum atomic E-state index is 10.7. The van der Waals surface area contributed by atoms with Crippen LogP contribution in [0.5, 0.6) is 0 Å². The Morgan fingerprint density at radius 2 is 1.90 bits per heavy atom. The van der Waals surface area contributed by atoms with E-state index in [1.165, 1.54) is 22.1 Å². The maximum absolute atomic E-state index is 10.7. The summed E-state index contributed by atoms with van der Waals surface area (Å²) in [5.74, 6) is 0.741. The highest BCUT2D eigenvalue weighted by molar-refractivity contribution is 7.98. The Bertz CT molecular complexity index is 656. The summed E-state index contributed by atoms with van der Waals surface area (Å²) >= 11 is 1.69. The van der Waals surface area contributed by atoms with Crippen LogP contribution in [0, 0.1) is 24.0 Å². The summed E-state index contributed by atoms with van der Waals surface area (Å²) in [5, 5.41) is 10.7. The Balaban J connectivity index is 2.09. The van der Waals surface area contributed by atoms with Gasteiger partial charge in [-0.1, -0.05) is 12.1 Å². The van der Waals surface area contributed by atoms with Crippen LogP contribution in [0.1, 0.15) is 16.7 Å². The predicted molar refractivity (Wildman–Crippen MR) is 83.0 cm³/mol. The Morgan fingerprint density at radius 1 is 1.15 bits per heavy atom. The molecule has 4 nitrogen and oxygen atoms in total. The van der Waals surface area contributed by atoms with Gasteiger partial charge in [0.15, 0.2) is 0 Å². The van der Waals surface area contributed by atoms with Crippen LogP contribution in [0.15, 0.2) is 41.3 Å². The van der Waals surface area contributed by atoms with Gasteiger partial charge in [-0.15, -0.1) is 11.8 Å². The molecule has 5 heteroatoms. The quantitative estimate of drug-likeness (QED) is 0.398. The van der Waals surface area contributed by atoms with Crippen molar-refractivity contribution in [2.45, 2.75) is 24.5 Å². The van der Waals surface area contributed by atoms with Crippen molar-refractivity contribution in [1.29, 1.82) is 0 Å². The molecule has 0 atom stereocenters. The first-order chi connectivity index (χ1) is 9.47. The lowest BCUT2D eigenvalue weighted by molar-refractivity contribution is -0.383. The average Bonchev–Trinajstić information content (AvgIpc) is 2.40. The molecule has 0 fully saturated rings. The molecule has 0 radical (unpaired) electrons. The van der Waals surface area contributed by atoms with Crippen LogP contribution in [-0.4, -0.2) is 4.92 Å². The van der Waals surface area contributed by atoms with Crippen molar-refractivity contribution in [3.8, 4) is 0 Å². The number of nitrogens with two attached hydrogens (primary N) is 1. The van der Waals surface area contributed by atoms with E-state index in [2.05, 4.69) is 32.0 Å². The van der Waals surface area contributed by atoms with Crippen LogP contribution in [-0.2, 0) is 5.75 Å². The van der Waals surface area contributed by atoms with Gasteiger partial charge in [0.05, 0.1) is 4.92 Å². The highest BCUT2D eigenvalue weighted by Crippen LogP contribution is 2.28. The topological polar surface area (TPSA) is 69.2 Å². The van der Waals surface area contributed by atoms with Crippen molar-refractivity contribution >= 4 is 23.1 Å². The van der Waals surface area contributed by atoms with E-state index < -0.39 is 4.92 Å². The molecule has 2 N–H and O–H groups in total. The van der Waals surface area contributed by atoms with E-state index in [0.717, 1.165) is 11.3 Å². The zero-order chi connectivity index (χ0) is 14.7. The summed E-state index contributed by atoms with van der Waals surface area (Å²) in [5.41, 5.74) is 9.38. The van der Waals surface area contributed by atoms with Gasteiger partial charge in [0.2, 0.25) is 0 Å². The third-order valence-corrected chi connectivity index (χ3v) is 4.24. The molecule has 0 saturated carbocycles. The van der Waals surface area contributed by atoms with Crippen LogP contribution >= 0.6 is 11.8 Å². The van der Waals surface area contributed by atoms with Gasteiger partial charge in [0, 0.05) is 16.7 Å². The third-order valence-electron chi connectivity index (χ3n) is 3.17. The van der Waals surface area contributed by atoms with Gasteiger partial charge >= 0.3 is 0 Å². The molecule has 104 valence electrons. The van der Waals surface area contributed by atoms with Crippen molar-refractivity contribution in [2.75, 3.05) is 5.73 Å². The lowest BCUT2D eigenvalue weighted by Gasteiger charge is -2.06. The predicted octanol–water partition coefficient (Wildman–Crippen LogP) is 4.09. The Kier molecular flexibility index (Phi) is 4.29. The average molecular weight is 288 g/mol. The fourth-order valence-electron chi connectivity index (χ4n) is 1.83. The smallest absolute Gasteiger partial charge is 0.292 e. The lowest BCUT2D eigenvalue weighted by atomic mass is 10.1. The number of rotatable bonds is 4. The van der Waals surface area contributed by atoms with E-state index in [1.807, 2.05) is 0 Å². The molecule has 0 heterocycles. The van der Waals surface area contributed by atoms with E-state index in [9.17, 15) is 10.1 Å². The second kappa shape index (κ2) is 5.96. The van der Waals surface area contributed by atoms with E-state index in [-0.39, 0.29) is 11.4 Å². The monoisotopic (exact) mass is 288 g/mol. The Hall–Kier alpha value is -2.01. The number of nitrogens with zero attached hydrogens (tertiary/aromatic N) is 1. The number of hydrogen-bond acceptors (Lipinski definition) is 4. The molecule has 0 unspecified atom stereocenters. The standard InChI is InChI=1S/C15H16N2O2S/c1-10-3-5-13(7-11(10)2)20-9-12-4-6-15(17(18)19)14(16)8-12/h3-8H,9,16H2,1-2H3. The van der Waals surface area contributed by atoms with Gasteiger partial charge in [0.1, 0.15) is 5.69 Å². The second-order valence-corrected chi connectivity index (χ2v) is 5.73. The number of benzene rings is 2. The molecule has 0 bridgehead atoms. The van der Waals surface area contributed by atoms with Gasteiger partial charge in [-0.3, -0.25) is 10.1 Å². The van der Waals surface area contributed by atoms with E-state index in [4.69, 9.17) is 5.73 Å². The minimum atomic E-state index is -0.463. The summed E-state index contributed by atoms with van der Waals surface area (Å²) in [6.07, 6.45) is 0. The number of aryl methyl sites for hydroxylation is 2. The van der Waals surface area contributed by atoms with Gasteiger partial charge in [-0.2, -0.15) is 0 Å². The summed E-state index contributed by atoms with van der Waals surface area (Å²) in [7, 11) is 0. The van der Waals surface area contributed by atoms with Crippen LogP contribution in [0.2, 0.25) is 0 Å². The molecule has 0 aliphatic rings. The first-order valence-electron chi connectivity index (χ1n) is 6.20. The molecule has 0 aromatic heterocycles. The van der Waals surface area contributed by atoms with Gasteiger partial charge in [-0.25, -0.2) is 0 Å². The van der Waals surface area contributed by atoms with Gasteiger partial charge in [-0.05, 0) is 48.7 Å². The highest BCUT2D eigenvalue weighted by Gasteiger charge is 2.11. The maximum Gasteiger partial charge on any atom is 0.292 e. The SMILES string of the molecule is Cc1ccc(SCc2ccc([N+](=O)[O-])c(N)c2)cc1C.